The number of aromatic nitrogens is 2. The molecule has 1 aliphatic rings. The van der Waals surface area contributed by atoms with Gasteiger partial charge < -0.3 is 20.3 Å². The predicted molar refractivity (Wildman–Crippen MR) is 103 cm³/mol. The Kier molecular flexibility index (Phi) is 5.68. The fraction of sp³-hybridized carbons (Fsp3) is 0.421. The summed E-state index contributed by atoms with van der Waals surface area (Å²) in [6.07, 6.45) is 0. The van der Waals surface area contributed by atoms with Crippen LogP contribution in [0.4, 0.5) is 23.0 Å². The number of ether oxygens (including phenoxy) is 1. The molecule has 0 spiro atoms. The summed E-state index contributed by atoms with van der Waals surface area (Å²) in [5.74, 6) is 2.34. The first-order valence-corrected chi connectivity index (χ1v) is 8.87. The number of hydrogen-bond donors (Lipinski definition) is 2. The summed E-state index contributed by atoms with van der Waals surface area (Å²) in [6, 6.07) is 9.54. The van der Waals surface area contributed by atoms with Crippen LogP contribution in [-0.4, -0.2) is 42.2 Å². The van der Waals surface area contributed by atoms with Crippen molar-refractivity contribution in [1.29, 1.82) is 0 Å². The van der Waals surface area contributed by atoms with Crippen molar-refractivity contribution in [2.24, 2.45) is 5.92 Å². The van der Waals surface area contributed by atoms with Crippen molar-refractivity contribution >= 4 is 28.9 Å². The van der Waals surface area contributed by atoms with E-state index >= 15 is 0 Å². The Morgan fingerprint density at radius 2 is 1.77 bits per heavy atom. The molecule has 0 atom stereocenters. The molecule has 2 aromatic rings. The Hall–Kier alpha value is -2.67. The normalized spacial score (nSPS) is 14.4. The molecule has 1 aromatic carbocycles. The summed E-state index contributed by atoms with van der Waals surface area (Å²) < 4.78 is 5.40. The number of morpholine rings is 1. The molecule has 1 saturated heterocycles. The van der Waals surface area contributed by atoms with Gasteiger partial charge in [-0.05, 0) is 31.2 Å². The number of hydrogen-bond acceptors (Lipinski definition) is 6. The molecule has 138 valence electrons. The molecule has 7 heteroatoms. The van der Waals surface area contributed by atoms with Crippen LogP contribution in [0, 0.1) is 12.8 Å². The molecule has 0 radical (unpaired) electrons. The lowest BCUT2D eigenvalue weighted by Crippen LogP contribution is -2.36. The third-order valence-corrected chi connectivity index (χ3v) is 4.11. The zero-order chi connectivity index (χ0) is 18.5. The van der Waals surface area contributed by atoms with Gasteiger partial charge in [0.15, 0.2) is 0 Å². The highest BCUT2D eigenvalue weighted by molar-refractivity contribution is 5.92. The molecule has 1 amide bonds. The van der Waals surface area contributed by atoms with Gasteiger partial charge in [0.2, 0.25) is 5.91 Å². The third kappa shape index (κ3) is 4.70. The number of aryl methyl sites for hydroxylation is 1. The van der Waals surface area contributed by atoms with Gasteiger partial charge in [-0.2, -0.15) is 0 Å². The number of nitrogens with zero attached hydrogens (tertiary/aromatic N) is 3. The predicted octanol–water partition coefficient (Wildman–Crippen LogP) is 2.96. The van der Waals surface area contributed by atoms with Gasteiger partial charge in [0, 0.05) is 36.4 Å². The number of amides is 1. The van der Waals surface area contributed by atoms with Gasteiger partial charge in [0.25, 0.3) is 0 Å². The molecular weight excluding hydrogens is 330 g/mol. The quantitative estimate of drug-likeness (QED) is 0.858. The maximum atomic E-state index is 11.8. The molecule has 0 unspecified atom stereocenters. The summed E-state index contributed by atoms with van der Waals surface area (Å²) in [4.78, 5) is 23.0. The van der Waals surface area contributed by atoms with Crippen molar-refractivity contribution in [3.05, 3.63) is 36.2 Å². The molecule has 1 fully saturated rings. The molecule has 2 N–H and O–H groups in total. The van der Waals surface area contributed by atoms with E-state index in [2.05, 4.69) is 25.5 Å². The zero-order valence-electron chi connectivity index (χ0n) is 15.5. The number of carbonyl (C=O) groups is 1. The lowest BCUT2D eigenvalue weighted by atomic mass is 10.2. The Labute approximate surface area is 153 Å². The summed E-state index contributed by atoms with van der Waals surface area (Å²) in [5, 5.41) is 6.19. The summed E-state index contributed by atoms with van der Waals surface area (Å²) in [6.45, 7) is 8.73. The van der Waals surface area contributed by atoms with Crippen LogP contribution in [0.1, 0.15) is 19.7 Å². The Morgan fingerprint density at radius 1 is 1.12 bits per heavy atom. The van der Waals surface area contributed by atoms with Crippen LogP contribution in [0.3, 0.4) is 0 Å². The molecule has 0 bridgehead atoms. The molecule has 0 aliphatic carbocycles. The third-order valence-electron chi connectivity index (χ3n) is 4.11. The second kappa shape index (κ2) is 8.14. The second-order valence-electron chi connectivity index (χ2n) is 6.60. The fourth-order valence-corrected chi connectivity index (χ4v) is 2.64. The SMILES string of the molecule is Cc1nc(Nc2ccc(NC(=O)C(C)C)cc2)cc(N2CCOCC2)n1. The van der Waals surface area contributed by atoms with Gasteiger partial charge in [0.05, 0.1) is 13.2 Å². The highest BCUT2D eigenvalue weighted by atomic mass is 16.5. The number of carbonyl (C=O) groups excluding carboxylic acids is 1. The average molecular weight is 355 g/mol. The molecule has 3 rings (SSSR count). The van der Waals surface area contributed by atoms with Crippen LogP contribution in [0.25, 0.3) is 0 Å². The van der Waals surface area contributed by atoms with E-state index in [1.54, 1.807) is 0 Å². The minimum Gasteiger partial charge on any atom is -0.378 e. The van der Waals surface area contributed by atoms with E-state index in [-0.39, 0.29) is 11.8 Å². The van der Waals surface area contributed by atoms with Crippen LogP contribution < -0.4 is 15.5 Å². The van der Waals surface area contributed by atoms with Gasteiger partial charge >= 0.3 is 0 Å². The molecule has 2 heterocycles. The van der Waals surface area contributed by atoms with Gasteiger partial charge in [-0.25, -0.2) is 9.97 Å². The first kappa shape index (κ1) is 18.1. The first-order valence-electron chi connectivity index (χ1n) is 8.87. The van der Waals surface area contributed by atoms with Crippen molar-refractivity contribution in [2.45, 2.75) is 20.8 Å². The first-order chi connectivity index (χ1) is 12.5. The summed E-state index contributed by atoms with van der Waals surface area (Å²) in [7, 11) is 0. The molecule has 1 aliphatic heterocycles. The van der Waals surface area contributed by atoms with Crippen LogP contribution in [0.5, 0.6) is 0 Å². The topological polar surface area (TPSA) is 79.4 Å². The highest BCUT2D eigenvalue weighted by Gasteiger charge is 2.14. The monoisotopic (exact) mass is 355 g/mol. The van der Waals surface area contributed by atoms with Gasteiger partial charge in [-0.1, -0.05) is 13.8 Å². The molecule has 0 saturated carbocycles. The molecule has 26 heavy (non-hydrogen) atoms. The highest BCUT2D eigenvalue weighted by Crippen LogP contribution is 2.22. The maximum absolute atomic E-state index is 11.8. The van der Waals surface area contributed by atoms with Crippen molar-refractivity contribution in [3.8, 4) is 0 Å². The number of benzene rings is 1. The smallest absolute Gasteiger partial charge is 0.226 e. The van der Waals surface area contributed by atoms with Crippen LogP contribution in [-0.2, 0) is 9.53 Å². The van der Waals surface area contributed by atoms with E-state index in [0.717, 1.165) is 55.1 Å². The maximum Gasteiger partial charge on any atom is 0.226 e. The van der Waals surface area contributed by atoms with E-state index in [4.69, 9.17) is 4.74 Å². The van der Waals surface area contributed by atoms with Crippen molar-refractivity contribution < 1.29 is 9.53 Å². The van der Waals surface area contributed by atoms with Crippen molar-refractivity contribution in [2.75, 3.05) is 41.8 Å². The Balaban J connectivity index is 1.70. The van der Waals surface area contributed by atoms with E-state index in [1.807, 2.05) is 51.1 Å². The van der Waals surface area contributed by atoms with E-state index in [9.17, 15) is 4.79 Å². The molecule has 7 nitrogen and oxygen atoms in total. The minimum atomic E-state index is -0.0459. The van der Waals surface area contributed by atoms with E-state index in [1.165, 1.54) is 0 Å². The van der Waals surface area contributed by atoms with Crippen LogP contribution in [0.2, 0.25) is 0 Å². The fourth-order valence-electron chi connectivity index (χ4n) is 2.64. The van der Waals surface area contributed by atoms with E-state index < -0.39 is 0 Å². The Morgan fingerprint density at radius 3 is 2.42 bits per heavy atom. The lowest BCUT2D eigenvalue weighted by molar-refractivity contribution is -0.118. The summed E-state index contributed by atoms with van der Waals surface area (Å²) in [5.41, 5.74) is 1.68. The average Bonchev–Trinajstić information content (AvgIpc) is 2.63. The van der Waals surface area contributed by atoms with Gasteiger partial charge in [-0.3, -0.25) is 4.79 Å². The number of anilines is 4. The number of nitrogens with one attached hydrogen (secondary N) is 2. The second-order valence-corrected chi connectivity index (χ2v) is 6.60. The van der Waals surface area contributed by atoms with E-state index in [0.29, 0.717) is 0 Å². The van der Waals surface area contributed by atoms with Crippen LogP contribution in [0.15, 0.2) is 30.3 Å². The largest absolute Gasteiger partial charge is 0.378 e. The Bertz CT molecular complexity index is 755. The van der Waals surface area contributed by atoms with Gasteiger partial charge in [0.1, 0.15) is 17.5 Å². The summed E-state index contributed by atoms with van der Waals surface area (Å²) >= 11 is 0. The van der Waals surface area contributed by atoms with Crippen molar-refractivity contribution in [1.82, 2.24) is 9.97 Å². The van der Waals surface area contributed by atoms with Crippen LogP contribution >= 0.6 is 0 Å². The number of rotatable bonds is 5. The zero-order valence-corrected chi connectivity index (χ0v) is 15.5. The molecular formula is C19H25N5O2. The standard InChI is InChI=1S/C19H25N5O2/c1-13(2)19(25)23-16-6-4-15(5-7-16)22-17-12-18(21-14(3)20-17)24-8-10-26-11-9-24/h4-7,12-13H,8-11H2,1-3H3,(H,23,25)(H,20,21,22). The lowest BCUT2D eigenvalue weighted by Gasteiger charge is -2.28. The molecule has 1 aromatic heterocycles. The minimum absolute atomic E-state index is 0.00675. The van der Waals surface area contributed by atoms with Gasteiger partial charge in [-0.15, -0.1) is 0 Å². The van der Waals surface area contributed by atoms with Crippen molar-refractivity contribution in [3.63, 3.8) is 0 Å².